The number of rotatable bonds is 6. The van der Waals surface area contributed by atoms with Gasteiger partial charge in [0.25, 0.3) is 5.91 Å². The van der Waals surface area contributed by atoms with Crippen molar-refractivity contribution in [3.8, 4) is 5.75 Å². The Morgan fingerprint density at radius 1 is 1.23 bits per heavy atom. The van der Waals surface area contributed by atoms with Gasteiger partial charge in [-0.05, 0) is 36.8 Å². The fourth-order valence-corrected chi connectivity index (χ4v) is 3.41. The van der Waals surface area contributed by atoms with Gasteiger partial charge in [-0.15, -0.1) is 10.2 Å². The first-order valence-electron chi connectivity index (χ1n) is 8.13. The molecule has 3 rings (SSSR count). The summed E-state index contributed by atoms with van der Waals surface area (Å²) in [6.45, 7) is 2.10. The number of nitrogens with zero attached hydrogens (tertiary/aromatic N) is 3. The van der Waals surface area contributed by atoms with Crippen molar-refractivity contribution in [2.75, 3.05) is 12.4 Å². The molecule has 3 aromatic rings. The lowest BCUT2D eigenvalue weighted by molar-refractivity contribution is 0.102. The number of carbonyl (C=O) groups is 1. The van der Waals surface area contributed by atoms with Crippen molar-refractivity contribution in [1.29, 1.82) is 0 Å². The Morgan fingerprint density at radius 2 is 2.04 bits per heavy atom. The Balaban J connectivity index is 1.75. The third kappa shape index (κ3) is 4.05. The maximum Gasteiger partial charge on any atom is 0.259 e. The number of hydrogen-bond donors (Lipinski definition) is 1. The number of amides is 1. The minimum Gasteiger partial charge on any atom is -0.496 e. The second-order valence-electron chi connectivity index (χ2n) is 5.76. The molecule has 1 amide bonds. The van der Waals surface area contributed by atoms with Crippen LogP contribution in [0.1, 0.15) is 28.1 Å². The van der Waals surface area contributed by atoms with Gasteiger partial charge in [-0.1, -0.05) is 36.0 Å². The van der Waals surface area contributed by atoms with E-state index < -0.39 is 0 Å². The van der Waals surface area contributed by atoms with Crippen LogP contribution in [0.5, 0.6) is 5.75 Å². The van der Waals surface area contributed by atoms with Crippen LogP contribution in [0.25, 0.3) is 0 Å². The molecule has 134 valence electrons. The molecule has 1 aromatic heterocycles. The van der Waals surface area contributed by atoms with E-state index in [1.54, 1.807) is 37.3 Å². The molecule has 0 aliphatic rings. The molecule has 0 saturated heterocycles. The number of aryl methyl sites for hydroxylation is 1. The van der Waals surface area contributed by atoms with Gasteiger partial charge < -0.3 is 14.6 Å². The molecule has 6 nitrogen and oxygen atoms in total. The Hall–Kier alpha value is -2.80. The average molecular weight is 368 g/mol. The van der Waals surface area contributed by atoms with Gasteiger partial charge in [-0.25, -0.2) is 0 Å². The molecule has 26 heavy (non-hydrogen) atoms. The van der Waals surface area contributed by atoms with E-state index >= 15 is 0 Å². The maximum atomic E-state index is 12.6. The highest BCUT2D eigenvalue weighted by Gasteiger charge is 2.14. The van der Waals surface area contributed by atoms with Crippen LogP contribution in [-0.4, -0.2) is 27.8 Å². The summed E-state index contributed by atoms with van der Waals surface area (Å²) in [6.07, 6.45) is 1.68. The van der Waals surface area contributed by atoms with E-state index in [4.69, 9.17) is 4.74 Å². The van der Waals surface area contributed by atoms with Gasteiger partial charge in [0.15, 0.2) is 5.16 Å². The Morgan fingerprint density at radius 3 is 2.77 bits per heavy atom. The van der Waals surface area contributed by atoms with Crippen LogP contribution in [0.15, 0.2) is 60.0 Å². The second kappa shape index (κ2) is 8.05. The van der Waals surface area contributed by atoms with Crippen molar-refractivity contribution in [3.63, 3.8) is 0 Å². The Labute approximate surface area is 156 Å². The quantitative estimate of drug-likeness (QED) is 0.668. The van der Waals surface area contributed by atoms with Gasteiger partial charge >= 0.3 is 0 Å². The number of para-hydroxylation sites is 1. The SMILES string of the molecule is COc1ccccc1C(=O)Nc1cccc(C(C)Sc2nncn2C)c1. The van der Waals surface area contributed by atoms with Crippen molar-refractivity contribution in [1.82, 2.24) is 14.8 Å². The summed E-state index contributed by atoms with van der Waals surface area (Å²) in [5, 5.41) is 12.0. The highest BCUT2D eigenvalue weighted by Crippen LogP contribution is 2.34. The summed E-state index contributed by atoms with van der Waals surface area (Å²) >= 11 is 1.62. The van der Waals surface area contributed by atoms with Crippen LogP contribution >= 0.6 is 11.8 Å². The average Bonchev–Trinajstić information content (AvgIpc) is 3.06. The van der Waals surface area contributed by atoms with Crippen molar-refractivity contribution in [2.24, 2.45) is 7.05 Å². The third-order valence-electron chi connectivity index (χ3n) is 3.92. The molecule has 0 spiro atoms. The topological polar surface area (TPSA) is 69.0 Å². The van der Waals surface area contributed by atoms with Gasteiger partial charge in [0.2, 0.25) is 0 Å². The van der Waals surface area contributed by atoms with Crippen LogP contribution in [0.3, 0.4) is 0 Å². The molecule has 1 heterocycles. The molecular weight excluding hydrogens is 348 g/mol. The smallest absolute Gasteiger partial charge is 0.259 e. The van der Waals surface area contributed by atoms with Crippen LogP contribution < -0.4 is 10.1 Å². The number of carbonyl (C=O) groups excluding carboxylic acids is 1. The van der Waals surface area contributed by atoms with E-state index in [-0.39, 0.29) is 11.2 Å². The number of nitrogens with one attached hydrogen (secondary N) is 1. The maximum absolute atomic E-state index is 12.6. The lowest BCUT2D eigenvalue weighted by atomic mass is 10.1. The molecular formula is C19H20N4O2S. The van der Waals surface area contributed by atoms with E-state index in [2.05, 4.69) is 22.4 Å². The molecule has 0 bridgehead atoms. The molecule has 0 saturated carbocycles. The summed E-state index contributed by atoms with van der Waals surface area (Å²) in [7, 11) is 3.47. The Bertz CT molecular complexity index is 910. The number of aromatic nitrogens is 3. The molecule has 2 aromatic carbocycles. The van der Waals surface area contributed by atoms with Gasteiger partial charge in [-0.2, -0.15) is 0 Å². The summed E-state index contributed by atoms with van der Waals surface area (Å²) < 4.78 is 7.14. The number of hydrogen-bond acceptors (Lipinski definition) is 5. The van der Waals surface area contributed by atoms with Crippen molar-refractivity contribution < 1.29 is 9.53 Å². The van der Waals surface area contributed by atoms with Crippen LogP contribution in [-0.2, 0) is 7.05 Å². The summed E-state index contributed by atoms with van der Waals surface area (Å²) in [5.41, 5.74) is 2.33. The van der Waals surface area contributed by atoms with E-state index in [0.29, 0.717) is 11.3 Å². The standard InChI is InChI=1S/C19H20N4O2S/c1-13(26-19-22-20-12-23(19)2)14-7-6-8-15(11-14)21-18(24)16-9-4-5-10-17(16)25-3/h4-13H,1-3H3,(H,21,24). The molecule has 0 fully saturated rings. The monoisotopic (exact) mass is 368 g/mol. The van der Waals surface area contributed by atoms with Crippen molar-refractivity contribution >= 4 is 23.4 Å². The highest BCUT2D eigenvalue weighted by atomic mass is 32.2. The highest BCUT2D eigenvalue weighted by molar-refractivity contribution is 7.99. The lowest BCUT2D eigenvalue weighted by Crippen LogP contribution is -2.13. The van der Waals surface area contributed by atoms with E-state index in [1.165, 1.54) is 0 Å². The zero-order chi connectivity index (χ0) is 18.5. The second-order valence-corrected chi connectivity index (χ2v) is 7.07. The predicted molar refractivity (Wildman–Crippen MR) is 103 cm³/mol. The van der Waals surface area contributed by atoms with E-state index in [0.717, 1.165) is 16.4 Å². The van der Waals surface area contributed by atoms with Crippen LogP contribution in [0.2, 0.25) is 0 Å². The minimum absolute atomic E-state index is 0.168. The first kappa shape index (κ1) is 18.0. The molecule has 0 aliphatic heterocycles. The summed E-state index contributed by atoms with van der Waals surface area (Å²) in [5.74, 6) is 0.348. The molecule has 1 N–H and O–H groups in total. The van der Waals surface area contributed by atoms with Gasteiger partial charge in [0, 0.05) is 18.0 Å². The number of benzene rings is 2. The fraction of sp³-hybridized carbons (Fsp3) is 0.211. The number of anilines is 1. The fourth-order valence-electron chi connectivity index (χ4n) is 2.51. The first-order valence-corrected chi connectivity index (χ1v) is 9.01. The molecule has 1 atom stereocenters. The lowest BCUT2D eigenvalue weighted by Gasteiger charge is -2.13. The van der Waals surface area contributed by atoms with E-state index in [9.17, 15) is 4.79 Å². The van der Waals surface area contributed by atoms with Crippen molar-refractivity contribution in [3.05, 3.63) is 66.0 Å². The Kier molecular flexibility index (Phi) is 5.58. The number of methoxy groups -OCH3 is 1. The normalized spacial score (nSPS) is 11.8. The molecule has 1 unspecified atom stereocenters. The third-order valence-corrected chi connectivity index (χ3v) is 5.12. The molecule has 7 heteroatoms. The molecule has 0 radical (unpaired) electrons. The summed E-state index contributed by atoms with van der Waals surface area (Å²) in [4.78, 5) is 12.6. The first-order chi connectivity index (χ1) is 12.6. The van der Waals surface area contributed by atoms with Gasteiger partial charge in [-0.3, -0.25) is 4.79 Å². The predicted octanol–water partition coefficient (Wildman–Crippen LogP) is 3.93. The number of thioether (sulfide) groups is 1. The van der Waals surface area contributed by atoms with Gasteiger partial charge in [0.05, 0.1) is 12.7 Å². The zero-order valence-corrected chi connectivity index (χ0v) is 15.7. The zero-order valence-electron chi connectivity index (χ0n) is 14.8. The largest absolute Gasteiger partial charge is 0.496 e. The minimum atomic E-state index is -0.201. The van der Waals surface area contributed by atoms with Crippen molar-refractivity contribution in [2.45, 2.75) is 17.3 Å². The molecule has 0 aliphatic carbocycles. The summed E-state index contributed by atoms with van der Waals surface area (Å²) in [6, 6.07) is 15.0. The van der Waals surface area contributed by atoms with E-state index in [1.807, 2.05) is 48.0 Å². The van der Waals surface area contributed by atoms with Crippen LogP contribution in [0.4, 0.5) is 5.69 Å². The van der Waals surface area contributed by atoms with Crippen LogP contribution in [0, 0.1) is 0 Å². The van der Waals surface area contributed by atoms with Gasteiger partial charge in [0.1, 0.15) is 12.1 Å². The number of ether oxygens (including phenoxy) is 1.